The Morgan fingerprint density at radius 2 is 1.80 bits per heavy atom. The fourth-order valence-corrected chi connectivity index (χ4v) is 3.46. The van der Waals surface area contributed by atoms with Crippen molar-refractivity contribution in [2.24, 2.45) is 0 Å². The fraction of sp³-hybridized carbons (Fsp3) is 1.00. The van der Waals surface area contributed by atoms with Gasteiger partial charge in [0.05, 0.1) is 6.10 Å². The summed E-state index contributed by atoms with van der Waals surface area (Å²) in [6.07, 6.45) is 2.52. The van der Waals surface area contributed by atoms with Gasteiger partial charge >= 0.3 is 8.80 Å². The van der Waals surface area contributed by atoms with Gasteiger partial charge in [0.25, 0.3) is 0 Å². The van der Waals surface area contributed by atoms with Crippen molar-refractivity contribution in [2.45, 2.75) is 25.5 Å². The summed E-state index contributed by atoms with van der Waals surface area (Å²) in [5.41, 5.74) is 0. The van der Waals surface area contributed by atoms with Crippen molar-refractivity contribution < 1.29 is 13.3 Å². The third-order valence-corrected chi connectivity index (χ3v) is 4.21. The maximum absolute atomic E-state index is 5.60. The monoisotopic (exact) mass is 160 g/mol. The van der Waals surface area contributed by atoms with Crippen LogP contribution in [0.4, 0.5) is 0 Å². The van der Waals surface area contributed by atoms with E-state index in [2.05, 4.69) is 0 Å². The molecule has 0 spiro atoms. The van der Waals surface area contributed by atoms with Gasteiger partial charge in [0, 0.05) is 19.8 Å². The maximum Gasteiger partial charge on any atom is 0.497 e. The molecule has 58 valence electrons. The predicted molar refractivity (Wildman–Crippen MR) is 37.6 cm³/mol. The first-order valence-electron chi connectivity index (χ1n) is 3.74. The lowest BCUT2D eigenvalue weighted by atomic mass is 10.2. The molecule has 2 saturated heterocycles. The highest BCUT2D eigenvalue weighted by Crippen LogP contribution is 2.26. The Kier molecular flexibility index (Phi) is 1.56. The van der Waals surface area contributed by atoms with E-state index < -0.39 is 8.80 Å². The third-order valence-electron chi connectivity index (χ3n) is 1.99. The average molecular weight is 160 g/mol. The lowest BCUT2D eigenvalue weighted by molar-refractivity contribution is -0.0576. The fourth-order valence-electron chi connectivity index (χ4n) is 1.43. The summed E-state index contributed by atoms with van der Waals surface area (Å²) >= 11 is 0. The molecule has 0 unspecified atom stereocenters. The van der Waals surface area contributed by atoms with Crippen LogP contribution in [0.5, 0.6) is 0 Å². The van der Waals surface area contributed by atoms with Crippen molar-refractivity contribution in [2.75, 3.05) is 13.2 Å². The second kappa shape index (κ2) is 2.30. The van der Waals surface area contributed by atoms with Gasteiger partial charge in [0.1, 0.15) is 0 Å². The van der Waals surface area contributed by atoms with E-state index in [0.29, 0.717) is 6.10 Å². The average Bonchev–Trinajstić information content (AvgIpc) is 1.86. The van der Waals surface area contributed by atoms with E-state index >= 15 is 0 Å². The zero-order chi connectivity index (χ0) is 7.03. The van der Waals surface area contributed by atoms with Crippen molar-refractivity contribution in [3.63, 3.8) is 0 Å². The van der Waals surface area contributed by atoms with Gasteiger partial charge in [0.2, 0.25) is 0 Å². The Balaban J connectivity index is 2.07. The van der Waals surface area contributed by atoms with Gasteiger partial charge in [-0.2, -0.15) is 0 Å². The van der Waals surface area contributed by atoms with Gasteiger partial charge < -0.3 is 13.3 Å². The van der Waals surface area contributed by atoms with Crippen LogP contribution in [0.15, 0.2) is 0 Å². The first-order chi connectivity index (χ1) is 4.79. The van der Waals surface area contributed by atoms with Gasteiger partial charge in [-0.3, -0.25) is 0 Å². The third kappa shape index (κ3) is 1.12. The Morgan fingerprint density at radius 3 is 2.20 bits per heavy atom. The SMILES string of the molecule is C[Si]12OCCC(CCO1)O2. The smallest absolute Gasteiger partial charge is 0.374 e. The van der Waals surface area contributed by atoms with Crippen LogP contribution < -0.4 is 0 Å². The summed E-state index contributed by atoms with van der Waals surface area (Å²) in [4.78, 5) is 0. The number of hydrogen-bond donors (Lipinski definition) is 0. The number of hydrogen-bond acceptors (Lipinski definition) is 3. The normalized spacial score (nSPS) is 47.1. The first-order valence-corrected chi connectivity index (χ1v) is 5.97. The Labute approximate surface area is 61.6 Å². The molecule has 2 rings (SSSR count). The molecular weight excluding hydrogens is 148 g/mol. The molecule has 2 bridgehead atoms. The molecule has 0 radical (unpaired) electrons. The van der Waals surface area contributed by atoms with E-state index in [1.807, 2.05) is 6.55 Å². The minimum Gasteiger partial charge on any atom is -0.374 e. The van der Waals surface area contributed by atoms with Crippen LogP contribution in [0.1, 0.15) is 12.8 Å². The Morgan fingerprint density at radius 1 is 1.20 bits per heavy atom. The van der Waals surface area contributed by atoms with E-state index in [0.717, 1.165) is 26.1 Å². The van der Waals surface area contributed by atoms with Crippen LogP contribution in [0.2, 0.25) is 6.55 Å². The molecule has 4 heteroatoms. The highest BCUT2D eigenvalue weighted by atomic mass is 28.4. The van der Waals surface area contributed by atoms with Crippen LogP contribution in [-0.4, -0.2) is 28.1 Å². The standard InChI is InChI=1S/C6H12O3Si/c1-10-7-4-2-6(9-10)3-5-8-10/h6H,2-5H2,1H3. The molecule has 0 saturated carbocycles. The largest absolute Gasteiger partial charge is 0.497 e. The van der Waals surface area contributed by atoms with E-state index in [9.17, 15) is 0 Å². The molecule has 2 heterocycles. The molecule has 0 aromatic rings. The first kappa shape index (κ1) is 6.79. The lowest BCUT2D eigenvalue weighted by Gasteiger charge is -2.39. The molecule has 2 aliphatic rings. The van der Waals surface area contributed by atoms with E-state index in [1.165, 1.54) is 0 Å². The molecule has 3 nitrogen and oxygen atoms in total. The summed E-state index contributed by atoms with van der Waals surface area (Å²) in [7, 11) is -2.09. The molecule has 0 atom stereocenters. The summed E-state index contributed by atoms with van der Waals surface area (Å²) in [6.45, 7) is 3.62. The molecule has 0 N–H and O–H groups in total. The number of rotatable bonds is 0. The summed E-state index contributed by atoms with van der Waals surface area (Å²) < 4.78 is 16.5. The summed E-state index contributed by atoms with van der Waals surface area (Å²) in [5.74, 6) is 0. The van der Waals surface area contributed by atoms with Crippen molar-refractivity contribution in [1.29, 1.82) is 0 Å². The minimum atomic E-state index is -2.09. The van der Waals surface area contributed by atoms with E-state index in [1.54, 1.807) is 0 Å². The van der Waals surface area contributed by atoms with E-state index in [-0.39, 0.29) is 0 Å². The molecule has 2 aliphatic heterocycles. The van der Waals surface area contributed by atoms with Gasteiger partial charge in [-0.1, -0.05) is 0 Å². The van der Waals surface area contributed by atoms with Crippen LogP contribution in [0.3, 0.4) is 0 Å². The molecule has 0 aromatic heterocycles. The topological polar surface area (TPSA) is 27.7 Å². The van der Waals surface area contributed by atoms with Crippen LogP contribution in [0, 0.1) is 0 Å². The van der Waals surface area contributed by atoms with Crippen molar-refractivity contribution in [3.8, 4) is 0 Å². The van der Waals surface area contributed by atoms with Gasteiger partial charge in [-0.15, -0.1) is 0 Å². The van der Waals surface area contributed by atoms with Gasteiger partial charge in [-0.05, 0) is 12.8 Å². The Hall–Kier alpha value is 0.0969. The van der Waals surface area contributed by atoms with Crippen molar-refractivity contribution >= 4 is 8.80 Å². The second-order valence-corrected chi connectivity index (χ2v) is 5.41. The summed E-state index contributed by atoms with van der Waals surface area (Å²) in [5, 5.41) is 0. The van der Waals surface area contributed by atoms with Crippen LogP contribution in [0.25, 0.3) is 0 Å². The van der Waals surface area contributed by atoms with E-state index in [4.69, 9.17) is 13.3 Å². The highest BCUT2D eigenvalue weighted by molar-refractivity contribution is 6.59. The van der Waals surface area contributed by atoms with Crippen molar-refractivity contribution in [1.82, 2.24) is 0 Å². The molecule has 2 fully saturated rings. The molecular formula is C6H12O3Si. The quantitative estimate of drug-likeness (QED) is 0.490. The number of fused-ring (bicyclic) bond motifs is 2. The Bertz CT molecular complexity index is 129. The zero-order valence-electron chi connectivity index (χ0n) is 6.13. The van der Waals surface area contributed by atoms with Crippen molar-refractivity contribution in [3.05, 3.63) is 0 Å². The van der Waals surface area contributed by atoms with Gasteiger partial charge in [0.15, 0.2) is 0 Å². The lowest BCUT2D eigenvalue weighted by Crippen LogP contribution is -2.53. The zero-order valence-corrected chi connectivity index (χ0v) is 7.13. The predicted octanol–water partition coefficient (Wildman–Crippen LogP) is 0.781. The summed E-state index contributed by atoms with van der Waals surface area (Å²) in [6, 6.07) is 0. The highest BCUT2D eigenvalue weighted by Gasteiger charge is 2.44. The second-order valence-electron chi connectivity index (χ2n) is 2.88. The maximum atomic E-state index is 5.60. The molecule has 0 amide bonds. The molecule has 0 aliphatic carbocycles. The van der Waals surface area contributed by atoms with Crippen LogP contribution >= 0.6 is 0 Å². The molecule has 0 aromatic carbocycles. The van der Waals surface area contributed by atoms with Crippen LogP contribution in [-0.2, 0) is 13.3 Å². The molecule has 10 heavy (non-hydrogen) atoms. The van der Waals surface area contributed by atoms with Gasteiger partial charge in [-0.25, -0.2) is 0 Å². The minimum absolute atomic E-state index is 0.430.